The van der Waals surface area contributed by atoms with Gasteiger partial charge in [0.2, 0.25) is 5.91 Å². The van der Waals surface area contributed by atoms with Gasteiger partial charge in [-0.3, -0.25) is 4.79 Å². The van der Waals surface area contributed by atoms with Crippen LogP contribution >= 0.6 is 12.6 Å². The van der Waals surface area contributed by atoms with Crippen LogP contribution in [0.2, 0.25) is 0 Å². The van der Waals surface area contributed by atoms with E-state index in [0.29, 0.717) is 6.04 Å². The Labute approximate surface area is 114 Å². The quantitative estimate of drug-likeness (QED) is 0.829. The second kappa shape index (κ2) is 4.96. The third kappa shape index (κ3) is 2.28. The van der Waals surface area contributed by atoms with Crippen molar-refractivity contribution in [3.63, 3.8) is 0 Å². The smallest absolute Gasteiger partial charge is 0.236 e. The molecule has 1 aliphatic heterocycles. The minimum Gasteiger partial charge on any atom is -0.338 e. The van der Waals surface area contributed by atoms with Crippen LogP contribution in [-0.4, -0.2) is 28.6 Å². The van der Waals surface area contributed by atoms with Gasteiger partial charge in [-0.25, -0.2) is 0 Å². The van der Waals surface area contributed by atoms with Gasteiger partial charge in [-0.05, 0) is 37.2 Å². The number of amides is 1. The molecule has 1 heterocycles. The van der Waals surface area contributed by atoms with Gasteiger partial charge >= 0.3 is 0 Å². The van der Waals surface area contributed by atoms with Crippen LogP contribution in [0.3, 0.4) is 0 Å². The van der Waals surface area contributed by atoms with Crippen molar-refractivity contribution in [2.75, 3.05) is 6.54 Å². The third-order valence-electron chi connectivity index (χ3n) is 4.25. The predicted molar refractivity (Wildman–Crippen MR) is 75.8 cm³/mol. The van der Waals surface area contributed by atoms with E-state index in [4.69, 9.17) is 0 Å². The summed E-state index contributed by atoms with van der Waals surface area (Å²) >= 11 is 4.51. The standard InChI is InChI=1S/C15H19NOS/c17-15(16-10-12-6-7-13(16)8-12)14(18)9-11-4-2-1-3-5-11/h1-5,12-14,18H,6-10H2. The average Bonchev–Trinajstić information content (AvgIpc) is 3.01. The number of hydrogen-bond acceptors (Lipinski definition) is 2. The SMILES string of the molecule is O=C(C(S)Cc1ccccc1)N1CC2CCC1C2. The van der Waals surface area contributed by atoms with Gasteiger partial charge in [0.05, 0.1) is 5.25 Å². The van der Waals surface area contributed by atoms with Crippen LogP contribution in [0.4, 0.5) is 0 Å². The molecular formula is C15H19NOS. The fraction of sp³-hybridized carbons (Fsp3) is 0.533. The van der Waals surface area contributed by atoms with Crippen LogP contribution in [0.15, 0.2) is 30.3 Å². The van der Waals surface area contributed by atoms with Crippen LogP contribution in [0.25, 0.3) is 0 Å². The molecule has 0 N–H and O–H groups in total. The van der Waals surface area contributed by atoms with Gasteiger partial charge < -0.3 is 4.90 Å². The maximum absolute atomic E-state index is 12.4. The van der Waals surface area contributed by atoms with E-state index in [1.165, 1.54) is 24.8 Å². The lowest BCUT2D eigenvalue weighted by atomic mass is 10.1. The second-order valence-corrected chi connectivity index (χ2v) is 6.15. The summed E-state index contributed by atoms with van der Waals surface area (Å²) in [6.07, 6.45) is 4.46. The summed E-state index contributed by atoms with van der Waals surface area (Å²) in [4.78, 5) is 14.5. The van der Waals surface area contributed by atoms with Crippen LogP contribution in [-0.2, 0) is 11.2 Å². The van der Waals surface area contributed by atoms with Crippen LogP contribution in [0.1, 0.15) is 24.8 Å². The van der Waals surface area contributed by atoms with Gasteiger partial charge in [-0.2, -0.15) is 12.6 Å². The van der Waals surface area contributed by atoms with Gasteiger partial charge in [0.15, 0.2) is 0 Å². The normalized spacial score (nSPS) is 27.5. The lowest BCUT2D eigenvalue weighted by Gasteiger charge is -2.29. The number of thiol groups is 1. The second-order valence-electron chi connectivity index (χ2n) is 5.53. The highest BCUT2D eigenvalue weighted by atomic mass is 32.1. The number of carbonyl (C=O) groups is 1. The minimum atomic E-state index is -0.188. The van der Waals surface area contributed by atoms with Crippen molar-refractivity contribution in [1.29, 1.82) is 0 Å². The first-order valence-electron chi connectivity index (χ1n) is 6.76. The summed E-state index contributed by atoms with van der Waals surface area (Å²) in [6, 6.07) is 10.7. The number of carbonyl (C=O) groups excluding carboxylic acids is 1. The van der Waals surface area contributed by atoms with Crippen LogP contribution < -0.4 is 0 Å². The van der Waals surface area contributed by atoms with E-state index in [1.807, 2.05) is 18.2 Å². The summed E-state index contributed by atoms with van der Waals surface area (Å²) in [5, 5.41) is -0.188. The molecule has 1 amide bonds. The van der Waals surface area contributed by atoms with E-state index < -0.39 is 0 Å². The van der Waals surface area contributed by atoms with E-state index in [0.717, 1.165) is 18.9 Å². The fourth-order valence-corrected chi connectivity index (χ4v) is 3.67. The zero-order valence-electron chi connectivity index (χ0n) is 10.5. The van der Waals surface area contributed by atoms with Crippen molar-refractivity contribution >= 4 is 18.5 Å². The number of hydrogen-bond donors (Lipinski definition) is 1. The van der Waals surface area contributed by atoms with Crippen molar-refractivity contribution in [2.24, 2.45) is 5.92 Å². The molecule has 96 valence electrons. The highest BCUT2D eigenvalue weighted by Gasteiger charge is 2.41. The number of fused-ring (bicyclic) bond motifs is 2. The largest absolute Gasteiger partial charge is 0.338 e. The lowest BCUT2D eigenvalue weighted by Crippen LogP contribution is -2.42. The van der Waals surface area contributed by atoms with E-state index >= 15 is 0 Å². The zero-order valence-corrected chi connectivity index (χ0v) is 11.4. The Hall–Kier alpha value is -0.960. The number of benzene rings is 1. The van der Waals surface area contributed by atoms with Crippen molar-refractivity contribution < 1.29 is 4.79 Å². The number of rotatable bonds is 3. The van der Waals surface area contributed by atoms with E-state index in [1.54, 1.807) is 0 Å². The molecule has 1 aromatic rings. The van der Waals surface area contributed by atoms with Gasteiger partial charge in [0.25, 0.3) is 0 Å². The molecule has 1 saturated carbocycles. The lowest BCUT2D eigenvalue weighted by molar-refractivity contribution is -0.132. The van der Waals surface area contributed by atoms with Gasteiger partial charge in [-0.15, -0.1) is 0 Å². The summed E-state index contributed by atoms with van der Waals surface area (Å²) in [7, 11) is 0. The first-order chi connectivity index (χ1) is 8.74. The molecule has 1 saturated heterocycles. The highest BCUT2D eigenvalue weighted by molar-refractivity contribution is 7.81. The molecule has 2 fully saturated rings. The molecule has 3 heteroatoms. The molecule has 1 aromatic carbocycles. The minimum absolute atomic E-state index is 0.188. The number of nitrogens with zero attached hydrogens (tertiary/aromatic N) is 1. The topological polar surface area (TPSA) is 20.3 Å². The number of likely N-dealkylation sites (tertiary alicyclic amines) is 1. The zero-order chi connectivity index (χ0) is 12.5. The van der Waals surface area contributed by atoms with E-state index in [2.05, 4.69) is 29.7 Å². The Morgan fingerprint density at radius 3 is 2.72 bits per heavy atom. The number of piperidine rings is 1. The van der Waals surface area contributed by atoms with E-state index in [-0.39, 0.29) is 11.2 Å². The monoisotopic (exact) mass is 261 g/mol. The maximum atomic E-state index is 12.4. The Bertz CT molecular complexity index is 433. The maximum Gasteiger partial charge on any atom is 0.236 e. The molecule has 18 heavy (non-hydrogen) atoms. The Kier molecular flexibility index (Phi) is 3.33. The van der Waals surface area contributed by atoms with Gasteiger partial charge in [0, 0.05) is 12.6 Å². The Morgan fingerprint density at radius 2 is 2.11 bits per heavy atom. The molecule has 2 aliphatic rings. The molecule has 2 nitrogen and oxygen atoms in total. The van der Waals surface area contributed by atoms with Gasteiger partial charge in [0.1, 0.15) is 0 Å². The molecule has 3 unspecified atom stereocenters. The van der Waals surface area contributed by atoms with Crippen LogP contribution in [0, 0.1) is 5.92 Å². The first kappa shape index (κ1) is 12.1. The van der Waals surface area contributed by atoms with E-state index in [9.17, 15) is 4.79 Å². The Morgan fingerprint density at radius 1 is 1.33 bits per heavy atom. The molecule has 0 aromatic heterocycles. The fourth-order valence-electron chi connectivity index (χ4n) is 3.31. The van der Waals surface area contributed by atoms with Crippen molar-refractivity contribution in [3.05, 3.63) is 35.9 Å². The molecule has 0 radical (unpaired) electrons. The molecule has 1 aliphatic carbocycles. The summed E-state index contributed by atoms with van der Waals surface area (Å²) < 4.78 is 0. The van der Waals surface area contributed by atoms with Crippen molar-refractivity contribution in [3.8, 4) is 0 Å². The molecule has 0 spiro atoms. The average molecular weight is 261 g/mol. The third-order valence-corrected chi connectivity index (χ3v) is 4.65. The van der Waals surface area contributed by atoms with Crippen molar-refractivity contribution in [1.82, 2.24) is 4.90 Å². The van der Waals surface area contributed by atoms with Crippen molar-refractivity contribution in [2.45, 2.75) is 37.0 Å². The van der Waals surface area contributed by atoms with Crippen LogP contribution in [0.5, 0.6) is 0 Å². The Balaban J connectivity index is 1.62. The molecule has 3 atom stereocenters. The first-order valence-corrected chi connectivity index (χ1v) is 7.28. The molecular weight excluding hydrogens is 242 g/mol. The molecule has 2 bridgehead atoms. The summed E-state index contributed by atoms with van der Waals surface area (Å²) in [5.74, 6) is 0.991. The summed E-state index contributed by atoms with van der Waals surface area (Å²) in [6.45, 7) is 0.968. The highest BCUT2D eigenvalue weighted by Crippen LogP contribution is 2.38. The van der Waals surface area contributed by atoms with Gasteiger partial charge in [-0.1, -0.05) is 30.3 Å². The predicted octanol–water partition coefficient (Wildman–Crippen LogP) is 2.54. The molecule has 3 rings (SSSR count). The summed E-state index contributed by atoms with van der Waals surface area (Å²) in [5.41, 5.74) is 1.19.